The minimum atomic E-state index is -0.600. The molecule has 6 nitrogen and oxygen atoms in total. The third-order valence-electron chi connectivity index (χ3n) is 5.84. The number of aryl methyl sites for hydroxylation is 2. The van der Waals surface area contributed by atoms with Crippen molar-refractivity contribution in [3.63, 3.8) is 0 Å². The summed E-state index contributed by atoms with van der Waals surface area (Å²) in [4.78, 5) is 26.8. The molecule has 2 aliphatic rings. The van der Waals surface area contributed by atoms with E-state index in [1.54, 1.807) is 6.92 Å². The number of hydrogen-bond donors (Lipinski definition) is 1. The van der Waals surface area contributed by atoms with Gasteiger partial charge >= 0.3 is 5.63 Å². The van der Waals surface area contributed by atoms with Gasteiger partial charge in [-0.05, 0) is 63.6 Å². The number of carbonyl (C=O) groups excluding carboxylic acids is 1. The van der Waals surface area contributed by atoms with Crippen LogP contribution in [-0.4, -0.2) is 36.0 Å². The molecule has 2 aromatic rings. The molecular weight excluding hydrogens is 380 g/mol. The molecule has 1 aliphatic carbocycles. The zero-order chi connectivity index (χ0) is 19.1. The van der Waals surface area contributed by atoms with E-state index in [0.717, 1.165) is 54.2 Å². The van der Waals surface area contributed by atoms with Crippen LogP contribution in [0.5, 0.6) is 5.75 Å². The molecule has 0 saturated carbocycles. The van der Waals surface area contributed by atoms with Crippen molar-refractivity contribution in [2.45, 2.75) is 58.1 Å². The van der Waals surface area contributed by atoms with Crippen molar-refractivity contribution < 1.29 is 13.9 Å². The van der Waals surface area contributed by atoms with Gasteiger partial charge in [0.15, 0.2) is 6.10 Å². The number of likely N-dealkylation sites (tertiary alicyclic amines) is 1. The molecule has 1 aromatic heterocycles. The summed E-state index contributed by atoms with van der Waals surface area (Å²) in [5.41, 5.74) is 8.91. The lowest BCUT2D eigenvalue weighted by molar-refractivity contribution is -0.139. The predicted octanol–water partition coefficient (Wildman–Crippen LogP) is 2.73. The average molecular weight is 407 g/mol. The van der Waals surface area contributed by atoms with E-state index in [9.17, 15) is 9.59 Å². The van der Waals surface area contributed by atoms with Gasteiger partial charge in [0.2, 0.25) is 0 Å². The Morgan fingerprint density at radius 2 is 1.93 bits per heavy atom. The highest BCUT2D eigenvalue weighted by molar-refractivity contribution is 5.87. The number of piperidine rings is 1. The van der Waals surface area contributed by atoms with Crippen LogP contribution in [0.4, 0.5) is 0 Å². The number of nitrogens with two attached hydrogens (primary N) is 1. The van der Waals surface area contributed by atoms with E-state index in [1.807, 2.05) is 24.0 Å². The number of halogens is 1. The fraction of sp³-hybridized carbons (Fsp3) is 0.524. The molecule has 1 aliphatic heterocycles. The van der Waals surface area contributed by atoms with E-state index < -0.39 is 6.10 Å². The normalized spacial score (nSPS) is 17.9. The van der Waals surface area contributed by atoms with Crippen LogP contribution in [0.2, 0.25) is 0 Å². The summed E-state index contributed by atoms with van der Waals surface area (Å²) in [6, 6.07) is 4.01. The van der Waals surface area contributed by atoms with Crippen LogP contribution in [0.1, 0.15) is 42.9 Å². The molecule has 1 atom stereocenters. The van der Waals surface area contributed by atoms with Gasteiger partial charge in [0, 0.05) is 35.6 Å². The molecule has 1 saturated heterocycles. The van der Waals surface area contributed by atoms with Crippen molar-refractivity contribution in [2.75, 3.05) is 13.1 Å². The molecule has 1 amide bonds. The predicted molar refractivity (Wildman–Crippen MR) is 110 cm³/mol. The standard InChI is InChI=1S/C21H26N2O4.ClH/c1-12-18(26-13(2)20(24)23-10-8-14(22)9-11-23)7-6-16-15-4-3-5-17(15)21(25)27-19(12)16;/h6-7,13-14H,3-5,8-11,22H2,1-2H3;1H. The van der Waals surface area contributed by atoms with Gasteiger partial charge in [-0.3, -0.25) is 4.79 Å². The van der Waals surface area contributed by atoms with Crippen molar-refractivity contribution in [2.24, 2.45) is 5.73 Å². The summed E-state index contributed by atoms with van der Waals surface area (Å²) in [5, 5.41) is 0.982. The van der Waals surface area contributed by atoms with Gasteiger partial charge in [-0.15, -0.1) is 12.4 Å². The van der Waals surface area contributed by atoms with Gasteiger partial charge in [0.1, 0.15) is 11.3 Å². The van der Waals surface area contributed by atoms with Gasteiger partial charge in [-0.1, -0.05) is 0 Å². The second kappa shape index (κ2) is 8.13. The Balaban J connectivity index is 0.00000225. The molecule has 1 unspecified atom stereocenters. The molecule has 4 rings (SSSR count). The lowest BCUT2D eigenvalue weighted by Gasteiger charge is -2.32. The van der Waals surface area contributed by atoms with Crippen LogP contribution >= 0.6 is 12.4 Å². The second-order valence-electron chi connectivity index (χ2n) is 7.69. The van der Waals surface area contributed by atoms with Gasteiger partial charge in [0.05, 0.1) is 0 Å². The van der Waals surface area contributed by atoms with Crippen LogP contribution in [0, 0.1) is 6.92 Å². The van der Waals surface area contributed by atoms with Crippen LogP contribution in [0.15, 0.2) is 21.3 Å². The second-order valence-corrected chi connectivity index (χ2v) is 7.69. The largest absolute Gasteiger partial charge is 0.480 e. The molecule has 0 radical (unpaired) electrons. The Hall–Kier alpha value is -2.05. The van der Waals surface area contributed by atoms with Crippen molar-refractivity contribution in [1.82, 2.24) is 4.90 Å². The van der Waals surface area contributed by atoms with E-state index >= 15 is 0 Å². The summed E-state index contributed by atoms with van der Waals surface area (Å²) in [5.74, 6) is 0.551. The molecule has 152 valence electrons. The van der Waals surface area contributed by atoms with Crippen LogP contribution in [0.25, 0.3) is 11.0 Å². The number of benzene rings is 1. The topological polar surface area (TPSA) is 85.8 Å². The first-order valence-corrected chi connectivity index (χ1v) is 9.75. The first kappa shape index (κ1) is 20.7. The van der Waals surface area contributed by atoms with Gasteiger partial charge in [0.25, 0.3) is 5.91 Å². The van der Waals surface area contributed by atoms with Gasteiger partial charge in [-0.2, -0.15) is 0 Å². The molecule has 2 N–H and O–H groups in total. The number of ether oxygens (including phenoxy) is 1. The Bertz CT molecular complexity index is 948. The number of fused-ring (bicyclic) bond motifs is 3. The fourth-order valence-electron chi connectivity index (χ4n) is 4.21. The number of rotatable bonds is 3. The highest BCUT2D eigenvalue weighted by Crippen LogP contribution is 2.33. The van der Waals surface area contributed by atoms with Gasteiger partial charge < -0.3 is 19.8 Å². The van der Waals surface area contributed by atoms with Crippen LogP contribution < -0.4 is 16.1 Å². The highest BCUT2D eigenvalue weighted by Gasteiger charge is 2.27. The summed E-state index contributed by atoms with van der Waals surface area (Å²) in [6.45, 7) is 4.98. The third kappa shape index (κ3) is 3.63. The van der Waals surface area contributed by atoms with Crippen LogP contribution in [-0.2, 0) is 17.6 Å². The third-order valence-corrected chi connectivity index (χ3v) is 5.84. The summed E-state index contributed by atoms with van der Waals surface area (Å²) < 4.78 is 11.6. The van der Waals surface area contributed by atoms with E-state index in [0.29, 0.717) is 24.4 Å². The monoisotopic (exact) mass is 406 g/mol. The molecule has 0 spiro atoms. The summed E-state index contributed by atoms with van der Waals surface area (Å²) in [7, 11) is 0. The van der Waals surface area contributed by atoms with E-state index in [-0.39, 0.29) is 30.0 Å². The Morgan fingerprint density at radius 3 is 2.64 bits per heavy atom. The number of hydrogen-bond acceptors (Lipinski definition) is 5. The maximum atomic E-state index is 12.7. The number of carbonyl (C=O) groups is 1. The first-order valence-electron chi connectivity index (χ1n) is 9.75. The Labute approximate surface area is 170 Å². The van der Waals surface area contributed by atoms with E-state index in [2.05, 4.69) is 0 Å². The average Bonchev–Trinajstić information content (AvgIpc) is 3.15. The minimum Gasteiger partial charge on any atom is -0.480 e. The quantitative estimate of drug-likeness (QED) is 0.792. The molecule has 0 bridgehead atoms. The maximum absolute atomic E-state index is 12.7. The van der Waals surface area contributed by atoms with Crippen molar-refractivity contribution in [3.8, 4) is 5.75 Å². The number of amides is 1. The minimum absolute atomic E-state index is 0. The lowest BCUT2D eigenvalue weighted by atomic mass is 10.0. The van der Waals surface area contributed by atoms with E-state index in [1.165, 1.54) is 0 Å². The molecular formula is C21H27ClN2O4. The zero-order valence-electron chi connectivity index (χ0n) is 16.3. The Morgan fingerprint density at radius 1 is 1.25 bits per heavy atom. The maximum Gasteiger partial charge on any atom is 0.339 e. The zero-order valence-corrected chi connectivity index (χ0v) is 17.1. The smallest absolute Gasteiger partial charge is 0.339 e. The fourth-order valence-corrected chi connectivity index (χ4v) is 4.21. The van der Waals surface area contributed by atoms with Crippen LogP contribution in [0.3, 0.4) is 0 Å². The van der Waals surface area contributed by atoms with Crippen molar-refractivity contribution >= 4 is 29.3 Å². The molecule has 1 fully saturated rings. The molecule has 28 heavy (non-hydrogen) atoms. The van der Waals surface area contributed by atoms with E-state index in [4.69, 9.17) is 14.9 Å². The SMILES string of the molecule is Cc1c(OC(C)C(=O)N2CCC(N)CC2)ccc2c3c(c(=O)oc12)CCC3.Cl. The first-order chi connectivity index (χ1) is 13.0. The lowest BCUT2D eigenvalue weighted by Crippen LogP contribution is -2.47. The summed E-state index contributed by atoms with van der Waals surface area (Å²) >= 11 is 0. The molecule has 2 heterocycles. The molecule has 1 aromatic carbocycles. The molecule has 7 heteroatoms. The van der Waals surface area contributed by atoms with Crippen molar-refractivity contribution in [1.29, 1.82) is 0 Å². The van der Waals surface area contributed by atoms with Gasteiger partial charge in [-0.25, -0.2) is 4.79 Å². The van der Waals surface area contributed by atoms with Crippen molar-refractivity contribution in [3.05, 3.63) is 39.2 Å². The highest BCUT2D eigenvalue weighted by atomic mass is 35.5. The summed E-state index contributed by atoms with van der Waals surface area (Å²) in [6.07, 6.45) is 3.73. The number of nitrogens with zero attached hydrogens (tertiary/aromatic N) is 1. The Kier molecular flexibility index (Phi) is 6.01.